The van der Waals surface area contributed by atoms with Crippen LogP contribution in [0.3, 0.4) is 0 Å². The van der Waals surface area contributed by atoms with Gasteiger partial charge in [-0.05, 0) is 30.3 Å². The number of nitrogens with zero attached hydrogens (tertiary/aromatic N) is 3. The smallest absolute Gasteiger partial charge is 0.254 e. The van der Waals surface area contributed by atoms with Crippen LogP contribution in [0.2, 0.25) is 0 Å². The van der Waals surface area contributed by atoms with Crippen molar-refractivity contribution >= 4 is 33.2 Å². The lowest BCUT2D eigenvalue weighted by Crippen LogP contribution is -2.48. The Balaban J connectivity index is 1.48. The Labute approximate surface area is 175 Å². The number of hydrogen-bond donors (Lipinski definition) is 0. The zero-order chi connectivity index (χ0) is 21.3. The van der Waals surface area contributed by atoms with Crippen LogP contribution in [-0.4, -0.2) is 64.2 Å². The summed E-state index contributed by atoms with van der Waals surface area (Å²) in [6.45, 7) is 2.37. The molecule has 0 N–H and O–H groups in total. The number of carbonyl (C=O) groups is 2. The van der Waals surface area contributed by atoms with Crippen LogP contribution in [0.4, 0.5) is 11.4 Å². The molecule has 0 radical (unpaired) electrons. The van der Waals surface area contributed by atoms with E-state index in [-0.39, 0.29) is 23.8 Å². The first-order chi connectivity index (χ1) is 14.4. The molecule has 0 atom stereocenters. The largest absolute Gasteiger partial charge is 0.495 e. The van der Waals surface area contributed by atoms with E-state index in [1.165, 1.54) is 12.1 Å². The quantitative estimate of drug-likeness (QED) is 0.736. The summed E-state index contributed by atoms with van der Waals surface area (Å²) in [7, 11) is -2.03. The van der Waals surface area contributed by atoms with Gasteiger partial charge in [0, 0.05) is 38.2 Å². The topological polar surface area (TPSA) is 87.2 Å². The molecule has 0 saturated carbocycles. The van der Waals surface area contributed by atoms with Crippen LogP contribution in [-0.2, 0) is 14.8 Å². The van der Waals surface area contributed by atoms with Crippen molar-refractivity contribution in [3.05, 3.63) is 54.1 Å². The van der Waals surface area contributed by atoms with E-state index in [1.54, 1.807) is 24.1 Å². The van der Waals surface area contributed by atoms with E-state index >= 15 is 0 Å². The van der Waals surface area contributed by atoms with Gasteiger partial charge in [-0.25, -0.2) is 12.7 Å². The van der Waals surface area contributed by atoms with E-state index in [0.29, 0.717) is 31.7 Å². The molecule has 8 nitrogen and oxygen atoms in total. The Kier molecular flexibility index (Phi) is 5.38. The van der Waals surface area contributed by atoms with Crippen LogP contribution < -0.4 is 13.9 Å². The number of hydrogen-bond acceptors (Lipinski definition) is 6. The average Bonchev–Trinajstić information content (AvgIpc) is 3.05. The van der Waals surface area contributed by atoms with Gasteiger partial charge in [0.1, 0.15) is 5.75 Å². The second-order valence-corrected chi connectivity index (χ2v) is 9.16. The molecule has 2 aromatic carbocycles. The predicted molar refractivity (Wildman–Crippen MR) is 113 cm³/mol. The lowest BCUT2D eigenvalue weighted by Gasteiger charge is -2.36. The molecule has 0 aliphatic carbocycles. The number of methoxy groups -OCH3 is 1. The summed E-state index contributed by atoms with van der Waals surface area (Å²) in [4.78, 5) is 29.0. The Morgan fingerprint density at radius 1 is 1.00 bits per heavy atom. The van der Waals surface area contributed by atoms with Gasteiger partial charge in [-0.2, -0.15) is 0 Å². The fourth-order valence-corrected chi connectivity index (χ4v) is 5.31. The Bertz CT molecular complexity index is 1080. The molecule has 2 aliphatic rings. The molecule has 30 heavy (non-hydrogen) atoms. The second-order valence-electron chi connectivity index (χ2n) is 7.23. The predicted octanol–water partition coefficient (Wildman–Crippen LogP) is 1.72. The van der Waals surface area contributed by atoms with Crippen LogP contribution in [0.15, 0.2) is 48.5 Å². The summed E-state index contributed by atoms with van der Waals surface area (Å²) in [5, 5.41) is 0. The summed E-state index contributed by atoms with van der Waals surface area (Å²) in [6.07, 6.45) is -0.0363. The minimum absolute atomic E-state index is 0.0363. The fraction of sp³-hybridized carbons (Fsp3) is 0.333. The van der Waals surface area contributed by atoms with Crippen LogP contribution in [0, 0.1) is 0 Å². The Morgan fingerprint density at radius 2 is 1.73 bits per heavy atom. The number of ether oxygens (including phenoxy) is 1. The maximum Gasteiger partial charge on any atom is 0.254 e. The molecule has 4 rings (SSSR count). The number of benzene rings is 2. The van der Waals surface area contributed by atoms with Crippen LogP contribution in [0.1, 0.15) is 16.8 Å². The van der Waals surface area contributed by atoms with Crippen molar-refractivity contribution in [2.24, 2.45) is 0 Å². The first-order valence-corrected chi connectivity index (χ1v) is 11.3. The molecular formula is C21H23N3O5S. The maximum absolute atomic E-state index is 13.0. The van der Waals surface area contributed by atoms with Gasteiger partial charge in [0.2, 0.25) is 15.9 Å². The Hall–Kier alpha value is -3.07. The minimum atomic E-state index is -3.66. The van der Waals surface area contributed by atoms with Gasteiger partial charge >= 0.3 is 0 Å². The van der Waals surface area contributed by atoms with Crippen LogP contribution in [0.25, 0.3) is 0 Å². The molecule has 0 unspecified atom stereocenters. The highest BCUT2D eigenvalue weighted by molar-refractivity contribution is 7.94. The molecule has 2 heterocycles. The summed E-state index contributed by atoms with van der Waals surface area (Å²) in [6, 6.07) is 14.0. The highest BCUT2D eigenvalue weighted by Gasteiger charge is 2.36. The van der Waals surface area contributed by atoms with E-state index < -0.39 is 15.9 Å². The highest BCUT2D eigenvalue weighted by Crippen LogP contribution is 2.29. The van der Waals surface area contributed by atoms with E-state index in [1.807, 2.05) is 24.3 Å². The average molecular weight is 429 g/mol. The van der Waals surface area contributed by atoms with Gasteiger partial charge in [-0.15, -0.1) is 0 Å². The number of amides is 2. The molecule has 0 bridgehead atoms. The molecule has 2 aliphatic heterocycles. The third kappa shape index (κ3) is 3.72. The SMILES string of the molecule is COc1ccccc1N1CCN(C(=O)c2cccc(N3C(=O)CCS3(=O)=O)c2)CC1. The summed E-state index contributed by atoms with van der Waals surface area (Å²) < 4.78 is 30.6. The first-order valence-electron chi connectivity index (χ1n) is 9.74. The molecule has 2 amide bonds. The van der Waals surface area contributed by atoms with Crippen molar-refractivity contribution in [3.63, 3.8) is 0 Å². The number of carbonyl (C=O) groups excluding carboxylic acids is 2. The molecule has 2 saturated heterocycles. The number of sulfonamides is 1. The van der Waals surface area contributed by atoms with E-state index in [0.717, 1.165) is 15.7 Å². The van der Waals surface area contributed by atoms with Crippen molar-refractivity contribution in [2.75, 3.05) is 48.2 Å². The van der Waals surface area contributed by atoms with Gasteiger partial charge in [-0.1, -0.05) is 18.2 Å². The first kappa shape index (κ1) is 20.2. The van der Waals surface area contributed by atoms with Gasteiger partial charge in [0.15, 0.2) is 0 Å². The monoisotopic (exact) mass is 429 g/mol. The van der Waals surface area contributed by atoms with Crippen molar-refractivity contribution < 1.29 is 22.7 Å². The number of rotatable bonds is 4. The minimum Gasteiger partial charge on any atom is -0.495 e. The standard InChI is InChI=1S/C21H23N3O5S/c1-29-19-8-3-2-7-18(19)22-10-12-23(13-11-22)21(26)16-5-4-6-17(15-16)24-20(25)9-14-30(24,27)28/h2-8,15H,9-14H2,1H3. The van der Waals surface area contributed by atoms with Gasteiger partial charge in [-0.3, -0.25) is 9.59 Å². The van der Waals surface area contributed by atoms with E-state index in [2.05, 4.69) is 4.90 Å². The van der Waals surface area contributed by atoms with Crippen molar-refractivity contribution in [3.8, 4) is 5.75 Å². The summed E-state index contributed by atoms with van der Waals surface area (Å²) >= 11 is 0. The highest BCUT2D eigenvalue weighted by atomic mass is 32.2. The number of anilines is 2. The molecule has 0 spiro atoms. The zero-order valence-corrected chi connectivity index (χ0v) is 17.5. The van der Waals surface area contributed by atoms with Crippen molar-refractivity contribution in [1.29, 1.82) is 0 Å². The molecular weight excluding hydrogens is 406 g/mol. The summed E-state index contributed by atoms with van der Waals surface area (Å²) in [5.41, 5.74) is 1.58. The van der Waals surface area contributed by atoms with Gasteiger partial charge in [0.25, 0.3) is 5.91 Å². The molecule has 158 valence electrons. The van der Waals surface area contributed by atoms with E-state index in [4.69, 9.17) is 4.74 Å². The normalized spacial score (nSPS) is 18.6. The van der Waals surface area contributed by atoms with Crippen LogP contribution in [0.5, 0.6) is 5.75 Å². The number of piperazine rings is 1. The summed E-state index contributed by atoms with van der Waals surface area (Å²) in [5.74, 6) is -0.0541. The lowest BCUT2D eigenvalue weighted by atomic mass is 10.1. The van der Waals surface area contributed by atoms with Crippen LogP contribution >= 0.6 is 0 Å². The fourth-order valence-electron chi connectivity index (χ4n) is 3.86. The Morgan fingerprint density at radius 3 is 2.40 bits per heavy atom. The zero-order valence-electron chi connectivity index (χ0n) is 16.7. The third-order valence-electron chi connectivity index (χ3n) is 5.40. The molecule has 0 aromatic heterocycles. The maximum atomic E-state index is 13.0. The molecule has 9 heteroatoms. The van der Waals surface area contributed by atoms with Crippen molar-refractivity contribution in [1.82, 2.24) is 4.90 Å². The van der Waals surface area contributed by atoms with Gasteiger partial charge in [0.05, 0.1) is 24.2 Å². The molecule has 2 fully saturated rings. The third-order valence-corrected chi connectivity index (χ3v) is 7.09. The van der Waals surface area contributed by atoms with E-state index in [9.17, 15) is 18.0 Å². The molecule has 2 aromatic rings. The number of para-hydroxylation sites is 2. The van der Waals surface area contributed by atoms with Gasteiger partial charge < -0.3 is 14.5 Å². The second kappa shape index (κ2) is 7.98. The van der Waals surface area contributed by atoms with Crippen molar-refractivity contribution in [2.45, 2.75) is 6.42 Å². The lowest BCUT2D eigenvalue weighted by molar-refractivity contribution is -0.116.